The largest absolute Gasteiger partial charge is 0.433 e. The number of allylic oxidation sites excluding steroid dienone is 2. The first-order valence-corrected chi connectivity index (χ1v) is 5.86. The van der Waals surface area contributed by atoms with Crippen LogP contribution in [0.5, 0.6) is 0 Å². The molecule has 94 valence electrons. The average molecular weight is 228 g/mol. The van der Waals surface area contributed by atoms with E-state index in [9.17, 15) is 0 Å². The molecule has 0 radical (unpaired) electrons. The summed E-state index contributed by atoms with van der Waals surface area (Å²) in [5.41, 5.74) is -0.122. The van der Waals surface area contributed by atoms with Crippen molar-refractivity contribution >= 4 is 0 Å². The fraction of sp³-hybridized carbons (Fsp3) is 0.846. The summed E-state index contributed by atoms with van der Waals surface area (Å²) in [6.07, 6.45) is 0. The standard InChI is InChI=1S/C13H24O3/c1-8-14-11-15-9(12(2,3)4)10(16-11)13(5,6)7/h11H,8H2,1-7H3. The van der Waals surface area contributed by atoms with Gasteiger partial charge in [-0.05, 0) is 6.92 Å². The minimum Gasteiger partial charge on any atom is -0.433 e. The van der Waals surface area contributed by atoms with Crippen molar-refractivity contribution in [1.29, 1.82) is 0 Å². The SMILES string of the molecule is CCOC1OC(C(C)(C)C)=C(C(C)(C)C)O1. The lowest BCUT2D eigenvalue weighted by atomic mass is 9.85. The molecule has 0 amide bonds. The van der Waals surface area contributed by atoms with Crippen molar-refractivity contribution in [1.82, 2.24) is 0 Å². The maximum Gasteiger partial charge on any atom is 0.360 e. The van der Waals surface area contributed by atoms with Gasteiger partial charge in [0.25, 0.3) is 0 Å². The Hall–Kier alpha value is -0.700. The van der Waals surface area contributed by atoms with Crippen molar-refractivity contribution in [2.24, 2.45) is 10.8 Å². The van der Waals surface area contributed by atoms with Crippen molar-refractivity contribution in [2.75, 3.05) is 6.61 Å². The van der Waals surface area contributed by atoms with Crippen molar-refractivity contribution in [3.8, 4) is 0 Å². The zero-order valence-electron chi connectivity index (χ0n) is 11.5. The van der Waals surface area contributed by atoms with Gasteiger partial charge in [-0.3, -0.25) is 0 Å². The Bertz CT molecular complexity index is 253. The van der Waals surface area contributed by atoms with Gasteiger partial charge in [-0.25, -0.2) is 0 Å². The van der Waals surface area contributed by atoms with Gasteiger partial charge in [0.1, 0.15) is 11.5 Å². The van der Waals surface area contributed by atoms with Crippen molar-refractivity contribution in [2.45, 2.75) is 54.9 Å². The van der Waals surface area contributed by atoms with Gasteiger partial charge in [0, 0.05) is 10.8 Å². The van der Waals surface area contributed by atoms with Gasteiger partial charge in [0.15, 0.2) is 0 Å². The molecule has 1 rings (SSSR count). The number of hydrogen-bond acceptors (Lipinski definition) is 3. The predicted molar refractivity (Wildman–Crippen MR) is 63.5 cm³/mol. The van der Waals surface area contributed by atoms with E-state index in [2.05, 4.69) is 41.5 Å². The predicted octanol–water partition coefficient (Wildman–Crippen LogP) is 3.66. The van der Waals surface area contributed by atoms with Crippen LogP contribution in [0.1, 0.15) is 48.5 Å². The molecule has 1 aliphatic rings. The third kappa shape index (κ3) is 2.91. The van der Waals surface area contributed by atoms with Crippen LogP contribution < -0.4 is 0 Å². The van der Waals surface area contributed by atoms with Crippen LogP contribution in [0.2, 0.25) is 0 Å². The molecule has 1 heterocycles. The van der Waals surface area contributed by atoms with Crippen molar-refractivity contribution in [3.05, 3.63) is 11.5 Å². The van der Waals surface area contributed by atoms with E-state index in [1.165, 1.54) is 0 Å². The molecular weight excluding hydrogens is 204 g/mol. The van der Waals surface area contributed by atoms with Gasteiger partial charge in [-0.2, -0.15) is 0 Å². The van der Waals surface area contributed by atoms with Gasteiger partial charge < -0.3 is 14.2 Å². The highest BCUT2D eigenvalue weighted by Crippen LogP contribution is 2.43. The maximum atomic E-state index is 5.74. The van der Waals surface area contributed by atoms with Crippen LogP contribution >= 0.6 is 0 Å². The normalized spacial score (nSPS) is 18.7. The van der Waals surface area contributed by atoms with Gasteiger partial charge >= 0.3 is 6.48 Å². The molecule has 0 N–H and O–H groups in total. The Morgan fingerprint density at radius 1 is 0.938 bits per heavy atom. The highest BCUT2D eigenvalue weighted by Gasteiger charge is 2.39. The monoisotopic (exact) mass is 228 g/mol. The van der Waals surface area contributed by atoms with E-state index >= 15 is 0 Å². The molecule has 0 aromatic carbocycles. The lowest BCUT2D eigenvalue weighted by Crippen LogP contribution is -2.17. The van der Waals surface area contributed by atoms with Crippen LogP contribution in [-0.2, 0) is 14.2 Å². The molecule has 16 heavy (non-hydrogen) atoms. The molecule has 0 bridgehead atoms. The van der Waals surface area contributed by atoms with Crippen LogP contribution in [-0.4, -0.2) is 13.1 Å². The Morgan fingerprint density at radius 3 is 1.56 bits per heavy atom. The highest BCUT2D eigenvalue weighted by molar-refractivity contribution is 5.17. The number of ether oxygens (including phenoxy) is 3. The smallest absolute Gasteiger partial charge is 0.360 e. The minimum absolute atomic E-state index is 0.0610. The summed E-state index contributed by atoms with van der Waals surface area (Å²) < 4.78 is 16.8. The van der Waals surface area contributed by atoms with Crippen LogP contribution in [0.3, 0.4) is 0 Å². The zero-order valence-corrected chi connectivity index (χ0v) is 11.5. The minimum atomic E-state index is -0.576. The summed E-state index contributed by atoms with van der Waals surface area (Å²) >= 11 is 0. The molecule has 0 spiro atoms. The van der Waals surface area contributed by atoms with Crippen LogP contribution in [0, 0.1) is 10.8 Å². The summed E-state index contributed by atoms with van der Waals surface area (Å²) in [7, 11) is 0. The molecule has 0 fully saturated rings. The summed E-state index contributed by atoms with van der Waals surface area (Å²) in [4.78, 5) is 0. The first-order valence-electron chi connectivity index (χ1n) is 5.86. The zero-order chi connectivity index (χ0) is 12.6. The molecule has 0 saturated carbocycles. The Morgan fingerprint density at radius 2 is 1.31 bits per heavy atom. The molecule has 3 nitrogen and oxygen atoms in total. The number of hydrogen-bond donors (Lipinski definition) is 0. The van der Waals surface area contributed by atoms with Gasteiger partial charge in [-0.1, -0.05) is 41.5 Å². The van der Waals surface area contributed by atoms with E-state index in [1.807, 2.05) is 6.92 Å². The summed E-state index contributed by atoms with van der Waals surface area (Å²) in [5, 5.41) is 0. The van der Waals surface area contributed by atoms with Gasteiger partial charge in [0.2, 0.25) is 0 Å². The molecule has 0 unspecified atom stereocenters. The molecule has 0 atom stereocenters. The lowest BCUT2D eigenvalue weighted by molar-refractivity contribution is -0.231. The summed E-state index contributed by atoms with van der Waals surface area (Å²) in [6.45, 7) is 14.6. The third-order valence-electron chi connectivity index (χ3n) is 2.30. The fourth-order valence-corrected chi connectivity index (χ4v) is 1.56. The van der Waals surface area contributed by atoms with E-state index < -0.39 is 6.48 Å². The second-order valence-electron chi connectivity index (χ2n) is 6.14. The topological polar surface area (TPSA) is 27.7 Å². The Kier molecular flexibility index (Phi) is 3.58. The molecule has 0 aliphatic carbocycles. The van der Waals surface area contributed by atoms with Crippen LogP contribution in [0.25, 0.3) is 0 Å². The molecule has 1 aliphatic heterocycles. The molecule has 0 aromatic rings. The van der Waals surface area contributed by atoms with Gasteiger partial charge in [-0.15, -0.1) is 0 Å². The van der Waals surface area contributed by atoms with E-state index in [4.69, 9.17) is 14.2 Å². The quantitative estimate of drug-likeness (QED) is 0.722. The van der Waals surface area contributed by atoms with Crippen molar-refractivity contribution < 1.29 is 14.2 Å². The van der Waals surface area contributed by atoms with E-state index in [1.54, 1.807) is 0 Å². The Balaban J connectivity index is 2.96. The van der Waals surface area contributed by atoms with Crippen LogP contribution in [0.15, 0.2) is 11.5 Å². The van der Waals surface area contributed by atoms with E-state index in [0.717, 1.165) is 11.5 Å². The molecule has 0 saturated heterocycles. The first kappa shape index (κ1) is 13.4. The second kappa shape index (κ2) is 4.28. The first-order chi connectivity index (χ1) is 7.16. The maximum absolute atomic E-state index is 5.74. The molecule has 0 aromatic heterocycles. The molecular formula is C13H24O3. The number of rotatable bonds is 2. The summed E-state index contributed by atoms with van der Waals surface area (Å²) in [6, 6.07) is 0. The fourth-order valence-electron chi connectivity index (χ4n) is 1.56. The van der Waals surface area contributed by atoms with Crippen molar-refractivity contribution in [3.63, 3.8) is 0 Å². The molecule has 3 heteroatoms. The van der Waals surface area contributed by atoms with E-state index in [0.29, 0.717) is 6.61 Å². The Labute approximate surface area is 98.8 Å². The third-order valence-corrected chi connectivity index (χ3v) is 2.30. The summed E-state index contributed by atoms with van der Waals surface area (Å²) in [5.74, 6) is 1.80. The highest BCUT2D eigenvalue weighted by atomic mass is 16.9. The second-order valence-corrected chi connectivity index (χ2v) is 6.14. The lowest BCUT2D eigenvalue weighted by Gasteiger charge is -2.24. The van der Waals surface area contributed by atoms with Gasteiger partial charge in [0.05, 0.1) is 6.61 Å². The van der Waals surface area contributed by atoms with Crippen LogP contribution in [0.4, 0.5) is 0 Å². The average Bonchev–Trinajstić information content (AvgIpc) is 2.47. The van der Waals surface area contributed by atoms with E-state index in [-0.39, 0.29) is 10.8 Å².